The zero-order valence-corrected chi connectivity index (χ0v) is 28.7. The summed E-state index contributed by atoms with van der Waals surface area (Å²) in [5, 5.41) is 17.1. The van der Waals surface area contributed by atoms with Crippen LogP contribution in [0.15, 0.2) is 0 Å². The van der Waals surface area contributed by atoms with E-state index in [4.69, 9.17) is 20.0 Å². The molecule has 0 aromatic carbocycles. The van der Waals surface area contributed by atoms with Crippen molar-refractivity contribution in [2.45, 2.75) is 49.0 Å². The Balaban J connectivity index is -0.00000000597. The van der Waals surface area contributed by atoms with Gasteiger partial charge in [-0.05, 0) is 20.8 Å². The number of aliphatic hydroxyl groups is 1. The smallest absolute Gasteiger partial charge is 1.00 e. The van der Waals surface area contributed by atoms with Gasteiger partial charge in [0.05, 0.1) is 0 Å². The first-order valence-corrected chi connectivity index (χ1v) is 6.97. The minimum atomic E-state index is -0.181. The van der Waals surface area contributed by atoms with Crippen LogP contribution in [0, 0.1) is 0 Å². The molecule has 0 atom stereocenters. The molecule has 0 heterocycles. The van der Waals surface area contributed by atoms with Gasteiger partial charge < -0.3 is 27.6 Å². The third kappa shape index (κ3) is 491. The second-order valence-corrected chi connectivity index (χ2v) is 2.71. The number of carbonyl (C=O) groups is 2. The fraction of sp³-hybridized carbons (Fsp3) is 0.846. The van der Waals surface area contributed by atoms with Gasteiger partial charge in [0, 0.05) is 34.1 Å². The Morgan fingerprint density at radius 3 is 1.24 bits per heavy atom. The Bertz CT molecular complexity index is 127. The Kier molecular flexibility index (Phi) is 517. The summed E-state index contributed by atoms with van der Waals surface area (Å²) in [4.78, 5) is 20.1. The summed E-state index contributed by atoms with van der Waals surface area (Å²) in [5.74, 6) is 0. The molecule has 1 N–H and O–H groups in total. The maximum Gasteiger partial charge on any atom is 1.00 e. The maximum atomic E-state index is 8.81. The molecule has 0 aliphatic rings. The molecule has 12 heteroatoms. The molecule has 145 valence electrons. The molecule has 0 rings (SSSR count). The minimum Gasteiger partial charge on any atom is -1.00 e. The van der Waals surface area contributed by atoms with Crippen molar-refractivity contribution >= 4 is 54.1 Å². The van der Waals surface area contributed by atoms with Crippen LogP contribution in [0.5, 0.6) is 0 Å². The van der Waals surface area contributed by atoms with Crippen LogP contribution < -0.4 is 138 Å². The van der Waals surface area contributed by atoms with E-state index in [1.807, 2.05) is 27.7 Å². The molecule has 0 bridgehead atoms. The molecule has 0 aromatic heterocycles. The first kappa shape index (κ1) is 78.4. The van der Waals surface area contributed by atoms with Gasteiger partial charge in [-0.15, -0.1) is 17.0 Å². The third-order valence-electron chi connectivity index (χ3n) is 0.328. The Labute approximate surface area is 287 Å². The van der Waals surface area contributed by atoms with Crippen molar-refractivity contribution in [2.24, 2.45) is 0 Å². The van der Waals surface area contributed by atoms with E-state index in [1.165, 1.54) is 6.92 Å². The number of hydrogen-bond acceptors (Lipinski definition) is 6. The number of ether oxygens (including phenoxy) is 1. The van der Waals surface area contributed by atoms with Crippen LogP contribution in [0.3, 0.4) is 0 Å². The minimum absolute atomic E-state index is 0. The quantitative estimate of drug-likeness (QED) is 0.119. The van der Waals surface area contributed by atoms with Gasteiger partial charge in [0.2, 0.25) is 0 Å². The zero-order chi connectivity index (χ0) is 16.9. The first-order chi connectivity index (χ1) is 9.07. The number of methoxy groups -OCH3 is 1. The van der Waals surface area contributed by atoms with Gasteiger partial charge in [0.1, 0.15) is 6.29 Å². The largest absolute Gasteiger partial charge is 1.00 e. The fourth-order valence-corrected chi connectivity index (χ4v) is 0. The molecule has 0 aromatic rings. The van der Waals surface area contributed by atoms with Crippen molar-refractivity contribution in [1.29, 1.82) is 0 Å². The monoisotopic (exact) mass is 559 g/mol. The average molecular weight is 561 g/mol. The second-order valence-electron chi connectivity index (χ2n) is 1.59. The predicted molar refractivity (Wildman–Crippen MR) is 105 cm³/mol. The number of alkyl halides is 1. The van der Waals surface area contributed by atoms with Gasteiger partial charge in [-0.2, -0.15) is 0 Å². The number of aldehydes is 1. The molecular formula is C13H37BBr2K2NaO6. The van der Waals surface area contributed by atoms with Crippen molar-refractivity contribution in [3.8, 4) is 0 Å². The average Bonchev–Trinajstić information content (AvgIpc) is 2.43. The summed E-state index contributed by atoms with van der Waals surface area (Å²) in [5.41, 5.74) is 0. The summed E-state index contributed by atoms with van der Waals surface area (Å²) in [6.07, 6.45) is 0.750. The Hall–Kier alpha value is 4.32. The van der Waals surface area contributed by atoms with Crippen molar-refractivity contribution in [1.82, 2.24) is 0 Å². The van der Waals surface area contributed by atoms with E-state index in [-0.39, 0.29) is 181 Å². The molecule has 0 aliphatic carbocycles. The van der Waals surface area contributed by atoms with Gasteiger partial charge in [0.25, 0.3) is 6.47 Å². The van der Waals surface area contributed by atoms with Crippen LogP contribution in [0.4, 0.5) is 0 Å². The molecule has 6 nitrogen and oxygen atoms in total. The topological polar surface area (TPSA) is 95.9 Å². The normalized spacial score (nSPS) is 4.24. The van der Waals surface area contributed by atoms with Gasteiger partial charge in [-0.25, -0.2) is 0 Å². The molecule has 0 amide bonds. The molecule has 0 saturated carbocycles. The molecule has 0 unspecified atom stereocenters. The van der Waals surface area contributed by atoms with E-state index in [1.54, 1.807) is 14.0 Å². The zero-order valence-electron chi connectivity index (χ0n) is 19.1. The predicted octanol–water partition coefficient (Wildman–Crippen LogP) is -6.21. The Morgan fingerprint density at radius 2 is 1.24 bits per heavy atom. The molecule has 0 fully saturated rings. The van der Waals surface area contributed by atoms with Crippen molar-refractivity contribution < 1.29 is 165 Å². The molecule has 0 spiro atoms. The van der Waals surface area contributed by atoms with E-state index in [9.17, 15) is 0 Å². The van der Waals surface area contributed by atoms with Crippen LogP contribution in [-0.4, -0.2) is 51.9 Å². The maximum absolute atomic E-state index is 8.81. The van der Waals surface area contributed by atoms with E-state index in [2.05, 4.69) is 25.6 Å². The number of hydrogen-bond donors (Lipinski definition) is 1. The second kappa shape index (κ2) is 165. The summed E-state index contributed by atoms with van der Waals surface area (Å²) < 4.78 is 4.54. The summed E-state index contributed by atoms with van der Waals surface area (Å²) in [6, 6.07) is 0. The summed E-state index contributed by atoms with van der Waals surface area (Å²) >= 11 is 3.15. The van der Waals surface area contributed by atoms with E-state index >= 15 is 0 Å². The first-order valence-electron chi connectivity index (χ1n) is 5.85. The molecular weight excluding hydrogens is 524 g/mol. The van der Waals surface area contributed by atoms with Gasteiger partial charge in [-0.1, -0.05) is 44.1 Å². The summed E-state index contributed by atoms with van der Waals surface area (Å²) in [7, 11) is 1.68. The van der Waals surface area contributed by atoms with Gasteiger partial charge >= 0.3 is 132 Å². The van der Waals surface area contributed by atoms with E-state index < -0.39 is 0 Å². The van der Waals surface area contributed by atoms with Crippen LogP contribution >= 0.6 is 32.9 Å². The van der Waals surface area contributed by atoms with Crippen LogP contribution in [0.2, 0.25) is 0 Å². The third-order valence-corrected chi connectivity index (χ3v) is 0.328. The number of aliphatic hydroxyl groups excluding tert-OH is 1. The Morgan fingerprint density at radius 1 is 1.16 bits per heavy atom. The number of rotatable bonds is 2. The molecule has 25 heavy (non-hydrogen) atoms. The van der Waals surface area contributed by atoms with Crippen molar-refractivity contribution in [3.63, 3.8) is 0 Å². The molecule has 3 radical (unpaired) electrons. The van der Waals surface area contributed by atoms with Crippen LogP contribution in [0.1, 0.15) is 51.8 Å². The molecule has 0 aliphatic heterocycles. The number of halogens is 2. The summed E-state index contributed by atoms with van der Waals surface area (Å²) in [6.45, 7) is 12.0. The van der Waals surface area contributed by atoms with Gasteiger partial charge in [0.15, 0.2) is 0 Å². The molecule has 0 saturated heterocycles. The van der Waals surface area contributed by atoms with Crippen LogP contribution in [-0.2, 0) is 19.2 Å². The SMILES string of the molecule is Br.C.CC.CC=O.CCBr.CCO.CCOC.O=CO[O-].[B].[H-].[H-].[K+].[K+].[Na+]. The van der Waals surface area contributed by atoms with Gasteiger partial charge in [-0.3, -0.25) is 4.79 Å². The van der Waals surface area contributed by atoms with E-state index in [0.717, 1.165) is 18.2 Å². The fourth-order valence-electron chi connectivity index (χ4n) is 0. The van der Waals surface area contributed by atoms with Crippen LogP contribution in [0.25, 0.3) is 0 Å². The number of carbonyl (C=O) groups excluding carboxylic acids is 2. The van der Waals surface area contributed by atoms with Crippen molar-refractivity contribution in [2.75, 3.05) is 25.7 Å². The van der Waals surface area contributed by atoms with Crippen molar-refractivity contribution in [3.05, 3.63) is 0 Å². The van der Waals surface area contributed by atoms with E-state index in [0.29, 0.717) is 0 Å². The standard InChI is InChI=1S/C3H8O.C2H5Br.C2H6O.C2H4O.C2H6.CH2O3.CH4.B.BrH.2K.Na.2H/c1-3-4-2;3*1-2-3;1-2;2-1-4-3;;;;;;;;/h3H2,1-2H3;2H2,1H3;3H,2H2,1H3;2H,1H3;1-2H3;1,3H;1H4;;1H;;;;;/q;;;;;;;;;3*+1;2*-1/p-1.